The first-order chi connectivity index (χ1) is 13.1. The first-order valence-corrected chi connectivity index (χ1v) is 9.55. The Hall–Kier alpha value is -2.60. The van der Waals surface area contributed by atoms with E-state index in [1.165, 1.54) is 11.3 Å². The third kappa shape index (κ3) is 3.37. The third-order valence-electron chi connectivity index (χ3n) is 4.33. The molecule has 4 rings (SSSR count). The van der Waals surface area contributed by atoms with E-state index in [0.717, 1.165) is 21.2 Å². The number of hydrogen-bond donors (Lipinski definition) is 2. The number of carbonyl (C=O) groups is 1. The summed E-state index contributed by atoms with van der Waals surface area (Å²) in [5, 5.41) is 13.5. The van der Waals surface area contributed by atoms with Gasteiger partial charge in [-0.2, -0.15) is 0 Å². The number of halogens is 1. The lowest BCUT2D eigenvalue weighted by Crippen LogP contribution is -2.11. The molecule has 0 aliphatic carbocycles. The van der Waals surface area contributed by atoms with Crippen LogP contribution in [-0.2, 0) is 6.61 Å². The summed E-state index contributed by atoms with van der Waals surface area (Å²) in [6, 6.07) is 16.9. The summed E-state index contributed by atoms with van der Waals surface area (Å²) < 4.78 is 6.56. The second kappa shape index (κ2) is 7.19. The van der Waals surface area contributed by atoms with Gasteiger partial charge in [0, 0.05) is 21.3 Å². The van der Waals surface area contributed by atoms with Gasteiger partial charge in [-0.3, -0.25) is 4.79 Å². The Kier molecular flexibility index (Phi) is 4.74. The van der Waals surface area contributed by atoms with Crippen LogP contribution in [0.5, 0.6) is 0 Å². The largest absolute Gasteiger partial charge is 0.459 e. The Labute approximate surface area is 165 Å². The van der Waals surface area contributed by atoms with Gasteiger partial charge in [-0.1, -0.05) is 41.9 Å². The normalized spacial score (nSPS) is 11.1. The van der Waals surface area contributed by atoms with Crippen molar-refractivity contribution in [3.63, 3.8) is 0 Å². The number of furan rings is 1. The highest BCUT2D eigenvalue weighted by Crippen LogP contribution is 2.36. The molecule has 0 aliphatic rings. The fourth-order valence-corrected chi connectivity index (χ4v) is 4.28. The lowest BCUT2D eigenvalue weighted by atomic mass is 10.1. The molecule has 2 aromatic carbocycles. The Balaban J connectivity index is 1.66. The Bertz CT molecular complexity index is 1150. The molecular weight excluding hydrogens is 382 g/mol. The highest BCUT2D eigenvalue weighted by Gasteiger charge is 2.18. The molecule has 1 amide bonds. The fourth-order valence-electron chi connectivity index (χ4n) is 2.87. The van der Waals surface area contributed by atoms with Crippen molar-refractivity contribution in [2.45, 2.75) is 13.5 Å². The van der Waals surface area contributed by atoms with Crippen LogP contribution < -0.4 is 5.32 Å². The van der Waals surface area contributed by atoms with Crippen LogP contribution in [-0.4, -0.2) is 11.0 Å². The minimum absolute atomic E-state index is 0.153. The molecule has 4 nitrogen and oxygen atoms in total. The Morgan fingerprint density at radius 3 is 2.74 bits per heavy atom. The van der Waals surface area contributed by atoms with Crippen molar-refractivity contribution in [3.05, 3.63) is 75.8 Å². The SMILES string of the molecule is Cc1ccc(-c2ccc(CO)o2)cc1NC(=O)c1sc2ccccc2c1Cl. The molecule has 2 heterocycles. The van der Waals surface area contributed by atoms with E-state index in [9.17, 15) is 4.79 Å². The van der Waals surface area contributed by atoms with Crippen LogP contribution in [0, 0.1) is 6.92 Å². The zero-order valence-corrected chi connectivity index (χ0v) is 16.0. The number of aliphatic hydroxyl groups is 1. The summed E-state index contributed by atoms with van der Waals surface area (Å²) in [5.41, 5.74) is 2.43. The van der Waals surface area contributed by atoms with Crippen molar-refractivity contribution < 1.29 is 14.3 Å². The van der Waals surface area contributed by atoms with Gasteiger partial charge in [0.25, 0.3) is 5.91 Å². The molecule has 0 atom stereocenters. The summed E-state index contributed by atoms with van der Waals surface area (Å²) in [5.74, 6) is 0.889. The monoisotopic (exact) mass is 397 g/mol. The summed E-state index contributed by atoms with van der Waals surface area (Å²) in [7, 11) is 0. The molecule has 4 aromatic rings. The number of nitrogens with one attached hydrogen (secondary N) is 1. The molecule has 0 bridgehead atoms. The number of thiophene rings is 1. The van der Waals surface area contributed by atoms with Gasteiger partial charge in [0.2, 0.25) is 0 Å². The average molecular weight is 398 g/mol. The minimum atomic E-state index is -0.239. The fraction of sp³-hybridized carbons (Fsp3) is 0.0952. The number of rotatable bonds is 4. The molecule has 6 heteroatoms. The van der Waals surface area contributed by atoms with Crippen molar-refractivity contribution in [1.29, 1.82) is 0 Å². The van der Waals surface area contributed by atoms with Gasteiger partial charge < -0.3 is 14.8 Å². The maximum Gasteiger partial charge on any atom is 0.267 e. The van der Waals surface area contributed by atoms with Crippen molar-refractivity contribution >= 4 is 44.6 Å². The second-order valence-electron chi connectivity index (χ2n) is 6.15. The van der Waals surface area contributed by atoms with Gasteiger partial charge >= 0.3 is 0 Å². The van der Waals surface area contributed by atoms with Gasteiger partial charge in [-0.15, -0.1) is 11.3 Å². The second-order valence-corrected chi connectivity index (χ2v) is 7.58. The summed E-state index contributed by atoms with van der Waals surface area (Å²) >= 11 is 7.79. The minimum Gasteiger partial charge on any atom is -0.459 e. The number of fused-ring (bicyclic) bond motifs is 1. The first kappa shape index (κ1) is 17.8. The first-order valence-electron chi connectivity index (χ1n) is 8.36. The Morgan fingerprint density at radius 2 is 2.00 bits per heavy atom. The van der Waals surface area contributed by atoms with E-state index < -0.39 is 0 Å². The number of benzene rings is 2. The summed E-state index contributed by atoms with van der Waals surface area (Å²) in [6.45, 7) is 1.77. The molecule has 0 spiro atoms. The molecule has 0 aliphatic heterocycles. The number of aryl methyl sites for hydroxylation is 1. The highest BCUT2D eigenvalue weighted by molar-refractivity contribution is 7.21. The van der Waals surface area contributed by atoms with Crippen LogP contribution >= 0.6 is 22.9 Å². The van der Waals surface area contributed by atoms with E-state index in [4.69, 9.17) is 21.1 Å². The lowest BCUT2D eigenvalue weighted by molar-refractivity contribution is 0.103. The van der Waals surface area contributed by atoms with E-state index in [0.29, 0.717) is 27.1 Å². The van der Waals surface area contributed by atoms with Crippen molar-refractivity contribution in [2.24, 2.45) is 0 Å². The predicted molar refractivity (Wildman–Crippen MR) is 110 cm³/mol. The van der Waals surface area contributed by atoms with Crippen LogP contribution in [0.25, 0.3) is 21.4 Å². The molecule has 0 unspecified atom stereocenters. The molecule has 0 fully saturated rings. The molecule has 27 heavy (non-hydrogen) atoms. The molecule has 136 valence electrons. The smallest absolute Gasteiger partial charge is 0.267 e. The molecule has 0 saturated carbocycles. The van der Waals surface area contributed by atoms with Crippen LogP contribution in [0.1, 0.15) is 21.0 Å². The summed E-state index contributed by atoms with van der Waals surface area (Å²) in [6.07, 6.45) is 0. The number of carbonyl (C=O) groups excluding carboxylic acids is 1. The molecular formula is C21H16ClNO3S. The lowest BCUT2D eigenvalue weighted by Gasteiger charge is -2.09. The zero-order valence-electron chi connectivity index (χ0n) is 14.5. The van der Waals surface area contributed by atoms with E-state index >= 15 is 0 Å². The number of aliphatic hydroxyl groups excluding tert-OH is 1. The molecule has 0 saturated heterocycles. The molecule has 2 aromatic heterocycles. The summed E-state index contributed by atoms with van der Waals surface area (Å²) in [4.78, 5) is 13.3. The standard InChI is InChI=1S/C21H16ClNO3S/c1-12-6-7-13(17-9-8-14(11-24)26-17)10-16(12)23-21(25)20-19(22)15-4-2-3-5-18(15)27-20/h2-10,24H,11H2,1H3,(H,23,25). The van der Waals surface area contributed by atoms with Crippen LogP contribution in [0.15, 0.2) is 59.0 Å². The number of amides is 1. The maximum absolute atomic E-state index is 12.8. The van der Waals surface area contributed by atoms with Crippen molar-refractivity contribution in [1.82, 2.24) is 0 Å². The van der Waals surface area contributed by atoms with Crippen LogP contribution in [0.3, 0.4) is 0 Å². The third-order valence-corrected chi connectivity index (χ3v) is 6.00. The highest BCUT2D eigenvalue weighted by atomic mass is 35.5. The van der Waals surface area contributed by atoms with Gasteiger partial charge in [-0.25, -0.2) is 0 Å². The van der Waals surface area contributed by atoms with Crippen LogP contribution in [0.2, 0.25) is 5.02 Å². The van der Waals surface area contributed by atoms with Crippen molar-refractivity contribution in [2.75, 3.05) is 5.32 Å². The van der Waals surface area contributed by atoms with Gasteiger partial charge in [-0.05, 0) is 36.8 Å². The van der Waals surface area contributed by atoms with Gasteiger partial charge in [0.1, 0.15) is 23.0 Å². The van der Waals surface area contributed by atoms with Gasteiger partial charge in [0.15, 0.2) is 0 Å². The molecule has 2 N–H and O–H groups in total. The zero-order chi connectivity index (χ0) is 19.0. The molecule has 0 radical (unpaired) electrons. The number of hydrogen-bond acceptors (Lipinski definition) is 4. The van der Waals surface area contributed by atoms with E-state index in [1.807, 2.05) is 49.4 Å². The van der Waals surface area contributed by atoms with Gasteiger partial charge in [0.05, 0.1) is 5.02 Å². The average Bonchev–Trinajstić information content (AvgIpc) is 3.29. The van der Waals surface area contributed by atoms with Crippen LogP contribution in [0.4, 0.5) is 5.69 Å². The number of anilines is 1. The van der Waals surface area contributed by atoms with E-state index in [-0.39, 0.29) is 12.5 Å². The van der Waals surface area contributed by atoms with Crippen molar-refractivity contribution in [3.8, 4) is 11.3 Å². The Morgan fingerprint density at radius 1 is 1.19 bits per heavy atom. The van der Waals surface area contributed by atoms with E-state index in [1.54, 1.807) is 12.1 Å². The van der Waals surface area contributed by atoms with E-state index in [2.05, 4.69) is 5.32 Å². The quantitative estimate of drug-likeness (QED) is 0.452. The maximum atomic E-state index is 12.8. The topological polar surface area (TPSA) is 62.5 Å². The predicted octanol–water partition coefficient (Wildman–Crippen LogP) is 5.87.